The van der Waals surface area contributed by atoms with E-state index in [0.717, 1.165) is 36.1 Å². The first-order valence-corrected chi connectivity index (χ1v) is 7.74. The molecule has 0 amide bonds. The molecule has 1 aromatic heterocycles. The minimum Gasteiger partial charge on any atom is -0.308 e. The van der Waals surface area contributed by atoms with Gasteiger partial charge in [-0.1, -0.05) is 26.2 Å². The normalized spacial score (nSPS) is 11.2. The number of carbonyl (C=O) groups excluding carboxylic acids is 1. The highest BCUT2D eigenvalue weighted by Gasteiger charge is 2.16. The summed E-state index contributed by atoms with van der Waals surface area (Å²) in [5.41, 5.74) is 0.721. The Hall–Kier alpha value is -0.680. The number of aromatic nitrogens is 2. The molecule has 0 aliphatic heterocycles. The summed E-state index contributed by atoms with van der Waals surface area (Å²) in [4.78, 5) is 14.3. The molecule has 108 valence electrons. The number of hydrogen-bond donors (Lipinski definition) is 0. The first kappa shape index (κ1) is 16.4. The average molecular weight is 330 g/mol. The van der Waals surface area contributed by atoms with E-state index >= 15 is 0 Å². The zero-order valence-electron chi connectivity index (χ0n) is 12.2. The van der Waals surface area contributed by atoms with Gasteiger partial charge in [-0.05, 0) is 36.4 Å². The summed E-state index contributed by atoms with van der Waals surface area (Å²) in [6.45, 7) is 3.80. The van der Waals surface area contributed by atoms with Crippen molar-refractivity contribution in [2.45, 2.75) is 45.6 Å². The molecule has 0 fully saturated rings. The van der Waals surface area contributed by atoms with Gasteiger partial charge in [0.2, 0.25) is 0 Å². The van der Waals surface area contributed by atoms with Crippen LogP contribution in [0.2, 0.25) is 0 Å². The molecule has 0 unspecified atom stereocenters. The predicted molar refractivity (Wildman–Crippen MR) is 81.6 cm³/mol. The maximum atomic E-state index is 12.3. The van der Waals surface area contributed by atoms with Crippen molar-refractivity contribution < 1.29 is 4.79 Å². The lowest BCUT2D eigenvalue weighted by atomic mass is 10.1. The summed E-state index contributed by atoms with van der Waals surface area (Å²) < 4.78 is 2.62. The number of Topliss-reactive ketones (excluding diaryl/α,β-unsaturated/α-hetero) is 1. The second kappa shape index (κ2) is 8.48. The number of carbonyl (C=O) groups is 1. The molecule has 0 saturated heterocycles. The summed E-state index contributed by atoms with van der Waals surface area (Å²) in [6.07, 6.45) is 6.83. The highest BCUT2D eigenvalue weighted by molar-refractivity contribution is 9.10. The van der Waals surface area contributed by atoms with E-state index in [1.807, 2.05) is 18.8 Å². The number of nitrogens with zero attached hydrogens (tertiary/aromatic N) is 3. The van der Waals surface area contributed by atoms with Crippen LogP contribution >= 0.6 is 15.9 Å². The van der Waals surface area contributed by atoms with Gasteiger partial charge in [0, 0.05) is 13.0 Å². The molecule has 0 N–H and O–H groups in total. The molecule has 0 saturated carbocycles. The Kier molecular flexibility index (Phi) is 7.31. The monoisotopic (exact) mass is 329 g/mol. The van der Waals surface area contributed by atoms with Crippen LogP contribution in [0.1, 0.15) is 49.5 Å². The largest absolute Gasteiger partial charge is 0.308 e. The van der Waals surface area contributed by atoms with Crippen LogP contribution in [-0.4, -0.2) is 41.1 Å². The fourth-order valence-corrected chi connectivity index (χ4v) is 2.45. The highest BCUT2D eigenvalue weighted by atomic mass is 79.9. The zero-order valence-corrected chi connectivity index (χ0v) is 13.7. The van der Waals surface area contributed by atoms with Crippen molar-refractivity contribution in [1.82, 2.24) is 14.7 Å². The summed E-state index contributed by atoms with van der Waals surface area (Å²) in [7, 11) is 4.04. The number of unbranched alkanes of at least 4 members (excludes halogenated alkanes) is 3. The summed E-state index contributed by atoms with van der Waals surface area (Å²) in [5.74, 6) is 0.194. The Labute approximate surface area is 124 Å². The van der Waals surface area contributed by atoms with Gasteiger partial charge in [-0.3, -0.25) is 9.48 Å². The van der Waals surface area contributed by atoms with Crippen molar-refractivity contribution >= 4 is 21.7 Å². The predicted octanol–water partition coefficient (Wildman–Crippen LogP) is 3.36. The topological polar surface area (TPSA) is 38.1 Å². The van der Waals surface area contributed by atoms with Gasteiger partial charge in [-0.15, -0.1) is 0 Å². The molecule has 0 aliphatic rings. The fraction of sp³-hybridized carbons (Fsp3) is 0.714. The Morgan fingerprint density at radius 3 is 2.74 bits per heavy atom. The maximum Gasteiger partial charge on any atom is 0.182 e. The summed E-state index contributed by atoms with van der Waals surface area (Å²) in [5, 5.41) is 4.28. The van der Waals surface area contributed by atoms with E-state index in [-0.39, 0.29) is 5.78 Å². The highest BCUT2D eigenvalue weighted by Crippen LogP contribution is 2.19. The zero-order chi connectivity index (χ0) is 14.3. The van der Waals surface area contributed by atoms with Gasteiger partial charge in [0.05, 0.1) is 17.2 Å². The van der Waals surface area contributed by atoms with Gasteiger partial charge < -0.3 is 4.90 Å². The van der Waals surface area contributed by atoms with Gasteiger partial charge in [0.15, 0.2) is 5.78 Å². The van der Waals surface area contributed by atoms with Crippen LogP contribution in [0.15, 0.2) is 10.7 Å². The molecule has 0 aliphatic carbocycles. The number of rotatable bonds is 9. The molecular formula is C14H24BrN3O. The van der Waals surface area contributed by atoms with Gasteiger partial charge in [-0.2, -0.15) is 5.10 Å². The average Bonchev–Trinajstić information content (AvgIpc) is 2.73. The molecule has 4 nitrogen and oxygen atoms in total. The van der Waals surface area contributed by atoms with Crippen LogP contribution in [0, 0.1) is 0 Å². The SMILES string of the molecule is CCCCCCC(=O)c1c(Br)cnn1CCN(C)C. The summed E-state index contributed by atoms with van der Waals surface area (Å²) in [6, 6.07) is 0. The van der Waals surface area contributed by atoms with Crippen LogP contribution in [0.5, 0.6) is 0 Å². The van der Waals surface area contributed by atoms with E-state index in [1.165, 1.54) is 12.8 Å². The van der Waals surface area contributed by atoms with Crippen molar-refractivity contribution in [3.8, 4) is 0 Å². The third-order valence-corrected chi connectivity index (χ3v) is 3.66. The Balaban J connectivity index is 2.59. The van der Waals surface area contributed by atoms with Gasteiger partial charge in [0.1, 0.15) is 5.69 Å². The molecule has 0 bridgehead atoms. The molecule has 0 atom stereocenters. The minimum atomic E-state index is 0.194. The van der Waals surface area contributed by atoms with Crippen molar-refractivity contribution in [1.29, 1.82) is 0 Å². The second-order valence-corrected chi connectivity index (χ2v) is 5.96. The minimum absolute atomic E-state index is 0.194. The van der Waals surface area contributed by atoms with Crippen LogP contribution < -0.4 is 0 Å². The first-order chi connectivity index (χ1) is 9.06. The standard InChI is InChI=1S/C14H24BrN3O/c1-4-5-6-7-8-13(19)14-12(15)11-16-18(14)10-9-17(2)3/h11H,4-10H2,1-3H3. The Morgan fingerprint density at radius 1 is 1.37 bits per heavy atom. The van der Waals surface area contributed by atoms with Crippen molar-refractivity contribution in [2.24, 2.45) is 0 Å². The lowest BCUT2D eigenvalue weighted by molar-refractivity contribution is 0.0967. The molecule has 1 rings (SSSR count). The van der Waals surface area contributed by atoms with E-state index in [1.54, 1.807) is 6.20 Å². The molecule has 0 aromatic carbocycles. The van der Waals surface area contributed by atoms with Gasteiger partial charge in [0.25, 0.3) is 0 Å². The lowest BCUT2D eigenvalue weighted by Gasteiger charge is -2.11. The van der Waals surface area contributed by atoms with E-state index in [2.05, 4.69) is 32.9 Å². The van der Waals surface area contributed by atoms with E-state index in [9.17, 15) is 4.79 Å². The summed E-state index contributed by atoms with van der Waals surface area (Å²) >= 11 is 3.43. The molecule has 0 radical (unpaired) electrons. The number of hydrogen-bond acceptors (Lipinski definition) is 3. The van der Waals surface area contributed by atoms with Crippen LogP contribution in [0.4, 0.5) is 0 Å². The number of halogens is 1. The first-order valence-electron chi connectivity index (χ1n) is 6.95. The van der Waals surface area contributed by atoms with Gasteiger partial charge >= 0.3 is 0 Å². The third-order valence-electron chi connectivity index (χ3n) is 3.08. The second-order valence-electron chi connectivity index (χ2n) is 5.10. The third kappa shape index (κ3) is 5.45. The molecule has 19 heavy (non-hydrogen) atoms. The molecule has 1 heterocycles. The molecule has 0 spiro atoms. The fourth-order valence-electron chi connectivity index (χ4n) is 1.93. The van der Waals surface area contributed by atoms with E-state index in [4.69, 9.17) is 0 Å². The smallest absolute Gasteiger partial charge is 0.182 e. The lowest BCUT2D eigenvalue weighted by Crippen LogP contribution is -2.21. The Morgan fingerprint density at radius 2 is 2.11 bits per heavy atom. The number of likely N-dealkylation sites (N-methyl/N-ethyl adjacent to an activating group) is 1. The van der Waals surface area contributed by atoms with Crippen LogP contribution in [-0.2, 0) is 6.54 Å². The van der Waals surface area contributed by atoms with Crippen molar-refractivity contribution in [3.05, 3.63) is 16.4 Å². The van der Waals surface area contributed by atoms with Crippen molar-refractivity contribution in [3.63, 3.8) is 0 Å². The van der Waals surface area contributed by atoms with Crippen LogP contribution in [0.3, 0.4) is 0 Å². The maximum absolute atomic E-state index is 12.3. The number of ketones is 1. The molecule has 1 aromatic rings. The Bertz CT molecular complexity index is 401. The van der Waals surface area contributed by atoms with Crippen molar-refractivity contribution in [2.75, 3.05) is 20.6 Å². The molecule has 5 heteroatoms. The van der Waals surface area contributed by atoms with Crippen LogP contribution in [0.25, 0.3) is 0 Å². The van der Waals surface area contributed by atoms with E-state index < -0.39 is 0 Å². The quantitative estimate of drug-likeness (QED) is 0.515. The molecular weight excluding hydrogens is 306 g/mol. The van der Waals surface area contributed by atoms with E-state index in [0.29, 0.717) is 6.42 Å². The van der Waals surface area contributed by atoms with Gasteiger partial charge in [-0.25, -0.2) is 0 Å².